The molecule has 2 fully saturated rings. The van der Waals surface area contributed by atoms with Gasteiger partial charge < -0.3 is 26.2 Å². The highest BCUT2D eigenvalue weighted by Crippen LogP contribution is 2.61. The first-order valence-corrected chi connectivity index (χ1v) is 12.6. The van der Waals surface area contributed by atoms with E-state index in [2.05, 4.69) is 5.32 Å². The van der Waals surface area contributed by atoms with Crippen LogP contribution in [0.4, 0.5) is 5.69 Å². The summed E-state index contributed by atoms with van der Waals surface area (Å²) in [5, 5.41) is 25.5. The minimum absolute atomic E-state index is 0.0180. The predicted molar refractivity (Wildman–Crippen MR) is 138 cm³/mol. The summed E-state index contributed by atoms with van der Waals surface area (Å²) in [6.07, 6.45) is 0.0173. The molecule has 2 unspecified atom stereocenters. The highest BCUT2D eigenvalue weighted by Gasteiger charge is 2.76. The number of nitrogens with zero attached hydrogens (tertiary/aromatic N) is 2. The third-order valence-corrected chi connectivity index (χ3v) is 8.59. The quantitative estimate of drug-likeness (QED) is 0.269. The molecule has 0 radical (unpaired) electrons. The number of benzene rings is 1. The number of phenolic OH excluding ortho intramolecular Hbond substituents is 1. The van der Waals surface area contributed by atoms with Crippen molar-refractivity contribution in [3.63, 3.8) is 0 Å². The summed E-state index contributed by atoms with van der Waals surface area (Å²) >= 11 is 0. The molecule has 3 aliphatic rings. The van der Waals surface area contributed by atoms with Gasteiger partial charge >= 0.3 is 0 Å². The van der Waals surface area contributed by atoms with Crippen LogP contribution in [0.25, 0.3) is 0 Å². The fraction of sp³-hybridized carbons (Fsp3) is 0.556. The maximum Gasteiger partial charge on any atom is 0.238 e. The topological polar surface area (TPSA) is 187 Å². The number of primary amides is 1. The molecule has 0 aromatic heterocycles. The van der Waals surface area contributed by atoms with Crippen LogP contribution in [0.2, 0.25) is 0 Å². The number of aromatic hydroxyl groups is 1. The molecular formula is C27H34N4O8. The number of fused-ring (bicyclic) bond motifs is 3. The van der Waals surface area contributed by atoms with Crippen molar-refractivity contribution in [3.8, 4) is 5.75 Å². The second-order valence-corrected chi connectivity index (χ2v) is 12.0. The summed E-state index contributed by atoms with van der Waals surface area (Å²) in [6, 6.07) is 1.82. The first-order chi connectivity index (χ1) is 17.9. The third-order valence-electron chi connectivity index (χ3n) is 8.59. The third kappa shape index (κ3) is 3.84. The molecule has 12 nitrogen and oxygen atoms in total. The Labute approximate surface area is 225 Å². The zero-order valence-electron chi connectivity index (χ0n) is 22.8. The van der Waals surface area contributed by atoms with Crippen molar-refractivity contribution >= 4 is 40.6 Å². The first kappa shape index (κ1) is 28.5. The Kier molecular flexibility index (Phi) is 6.61. The van der Waals surface area contributed by atoms with Gasteiger partial charge in [-0.3, -0.25) is 33.7 Å². The number of likely N-dealkylation sites (N-methyl/N-ethyl adjacent to an activating group) is 2. The predicted octanol–water partition coefficient (Wildman–Crippen LogP) is -0.853. The number of phenols is 1. The van der Waals surface area contributed by atoms with Crippen molar-refractivity contribution in [1.29, 1.82) is 0 Å². The highest BCUT2D eigenvalue weighted by molar-refractivity contribution is 6.33. The van der Waals surface area contributed by atoms with Gasteiger partial charge in [0.05, 0.1) is 29.8 Å². The van der Waals surface area contributed by atoms with Crippen molar-refractivity contribution in [2.45, 2.75) is 38.3 Å². The van der Waals surface area contributed by atoms with Gasteiger partial charge in [-0.05, 0) is 58.1 Å². The van der Waals surface area contributed by atoms with Crippen LogP contribution in [0.5, 0.6) is 5.75 Å². The molecule has 210 valence electrons. The number of hydrogen-bond acceptors (Lipinski definition) is 10. The van der Waals surface area contributed by atoms with Crippen LogP contribution in [0.15, 0.2) is 12.1 Å². The molecule has 3 aliphatic carbocycles. The van der Waals surface area contributed by atoms with Crippen LogP contribution in [0, 0.1) is 22.7 Å². The fourth-order valence-corrected chi connectivity index (χ4v) is 7.29. The van der Waals surface area contributed by atoms with Gasteiger partial charge in [-0.1, -0.05) is 19.9 Å². The zero-order valence-corrected chi connectivity index (χ0v) is 22.8. The normalized spacial score (nSPS) is 34.0. The van der Waals surface area contributed by atoms with Crippen LogP contribution < -0.4 is 11.1 Å². The van der Waals surface area contributed by atoms with E-state index in [0.717, 1.165) is 0 Å². The average Bonchev–Trinajstić information content (AvgIpc) is 2.77. The first-order valence-electron chi connectivity index (χ1n) is 12.6. The van der Waals surface area contributed by atoms with Crippen molar-refractivity contribution < 1.29 is 39.0 Å². The maximum atomic E-state index is 14.2. The number of ketones is 4. The van der Waals surface area contributed by atoms with Gasteiger partial charge in [-0.25, -0.2) is 0 Å². The van der Waals surface area contributed by atoms with Crippen molar-refractivity contribution in [3.05, 3.63) is 23.3 Å². The number of aliphatic hydroxyl groups is 1. The molecule has 1 aromatic carbocycles. The number of rotatable bonds is 5. The summed E-state index contributed by atoms with van der Waals surface area (Å²) in [5.74, 6) is -9.95. The summed E-state index contributed by atoms with van der Waals surface area (Å²) in [6.45, 7) is 3.14. The van der Waals surface area contributed by atoms with Crippen LogP contribution >= 0.6 is 0 Å². The maximum absolute atomic E-state index is 14.2. The highest BCUT2D eigenvalue weighted by atomic mass is 16.3. The molecule has 1 aromatic rings. The molecule has 0 aliphatic heterocycles. The van der Waals surface area contributed by atoms with Gasteiger partial charge in [0, 0.05) is 5.41 Å². The smallest absolute Gasteiger partial charge is 0.238 e. The Balaban J connectivity index is 1.87. The largest absolute Gasteiger partial charge is 0.505 e. The lowest BCUT2D eigenvalue weighted by atomic mass is 9.42. The SMILES string of the molecule is CN(C)CC(=O)Nc1ccc2c(c1O)C(=O)C1C(=O)[C@]3(O)C(=O)C(C(N)=O)C(=O)[C@@H](N(C)C)[C@]3(C)C[C@]1(C)C2. The van der Waals surface area contributed by atoms with Crippen molar-refractivity contribution in [1.82, 2.24) is 9.80 Å². The van der Waals surface area contributed by atoms with Crippen LogP contribution in [-0.2, 0) is 30.4 Å². The van der Waals surface area contributed by atoms with E-state index in [1.165, 1.54) is 32.0 Å². The summed E-state index contributed by atoms with van der Waals surface area (Å²) in [5.41, 5.74) is -0.0907. The number of anilines is 1. The summed E-state index contributed by atoms with van der Waals surface area (Å²) in [4.78, 5) is 82.5. The molecule has 39 heavy (non-hydrogen) atoms. The van der Waals surface area contributed by atoms with Crippen LogP contribution in [-0.4, -0.2) is 101 Å². The molecular weight excluding hydrogens is 508 g/mol. The van der Waals surface area contributed by atoms with Crippen LogP contribution in [0.3, 0.4) is 0 Å². The van der Waals surface area contributed by atoms with Gasteiger partial charge in [0.2, 0.25) is 11.8 Å². The molecule has 2 saturated carbocycles. The number of carbonyl (C=O) groups excluding carboxylic acids is 6. The summed E-state index contributed by atoms with van der Waals surface area (Å²) in [7, 11) is 6.44. The van der Waals surface area contributed by atoms with Crippen molar-refractivity contribution in [2.24, 2.45) is 28.4 Å². The van der Waals surface area contributed by atoms with E-state index in [0.29, 0.717) is 5.56 Å². The van der Waals surface area contributed by atoms with Crippen LogP contribution in [0.1, 0.15) is 36.2 Å². The van der Waals surface area contributed by atoms with E-state index in [1.807, 2.05) is 0 Å². The fourth-order valence-electron chi connectivity index (χ4n) is 7.29. The molecule has 6 atom stereocenters. The van der Waals surface area contributed by atoms with Gasteiger partial charge in [0.15, 0.2) is 34.7 Å². The Morgan fingerprint density at radius 2 is 1.69 bits per heavy atom. The Morgan fingerprint density at radius 3 is 2.23 bits per heavy atom. The minimum Gasteiger partial charge on any atom is -0.505 e. The van der Waals surface area contributed by atoms with Gasteiger partial charge in [0.1, 0.15) is 5.75 Å². The second kappa shape index (κ2) is 9.04. The number of carbonyl (C=O) groups is 6. The standard InChI is InChI=1S/C27H34N4O8/c1-25-9-12-7-8-13(29-14(32)10-30(3)4)18(33)15(12)19(34)17(25)23(37)27(39)22(36)16(24(28)38)20(35)21(31(5)6)26(27,2)11-25/h7-8,16-17,21,33,39H,9-11H2,1-6H3,(H2,28,38)(H,29,32)/t16?,17?,21-,25+,26+,27-/m1/s1. The van der Waals surface area contributed by atoms with E-state index < -0.39 is 75.0 Å². The van der Waals surface area contributed by atoms with E-state index >= 15 is 0 Å². The van der Waals surface area contributed by atoms with E-state index in [4.69, 9.17) is 5.73 Å². The molecule has 0 bridgehead atoms. The zero-order chi connectivity index (χ0) is 29.4. The molecule has 4 rings (SSSR count). The second-order valence-electron chi connectivity index (χ2n) is 12.0. The molecule has 2 amide bonds. The number of hydrogen-bond donors (Lipinski definition) is 4. The molecule has 0 heterocycles. The number of nitrogens with two attached hydrogens (primary N) is 1. The van der Waals surface area contributed by atoms with E-state index in [1.54, 1.807) is 32.0 Å². The minimum atomic E-state index is -2.86. The lowest BCUT2D eigenvalue weighted by Gasteiger charge is -2.61. The van der Waals surface area contributed by atoms with Gasteiger partial charge in [0.25, 0.3) is 0 Å². The lowest BCUT2D eigenvalue weighted by molar-refractivity contribution is -0.203. The van der Waals surface area contributed by atoms with E-state index in [9.17, 15) is 39.0 Å². The Morgan fingerprint density at radius 1 is 1.08 bits per heavy atom. The average molecular weight is 543 g/mol. The molecule has 0 saturated heterocycles. The number of amides is 2. The number of nitrogens with one attached hydrogen (secondary N) is 1. The van der Waals surface area contributed by atoms with E-state index in [-0.39, 0.29) is 30.6 Å². The van der Waals surface area contributed by atoms with Crippen molar-refractivity contribution in [2.75, 3.05) is 40.1 Å². The Hall–Kier alpha value is -3.48. The monoisotopic (exact) mass is 542 g/mol. The molecule has 5 N–H and O–H groups in total. The van der Waals surface area contributed by atoms with Gasteiger partial charge in [-0.15, -0.1) is 0 Å². The lowest BCUT2D eigenvalue weighted by Crippen LogP contribution is -2.79. The number of Topliss-reactive ketones (excluding diaryl/α,β-unsaturated/α-hetero) is 4. The Bertz CT molecular complexity index is 1340. The summed E-state index contributed by atoms with van der Waals surface area (Å²) < 4.78 is 0. The molecule has 0 spiro atoms. The van der Waals surface area contributed by atoms with Gasteiger partial charge in [-0.2, -0.15) is 0 Å². The molecule has 12 heteroatoms.